The molecule has 28 heavy (non-hydrogen) atoms. The standard InChI is InChI=1S/C21H27N3O4/c1-23-18-9-6-16(12-19(18)24(2)21(23)27)20(26)14-28-17-7-4-15(5-8-17)13-22-10-3-11-25/h4-9,12,20,22,25-26H,3,10-11,13-14H2,1-2H3. The van der Waals surface area contributed by atoms with Crippen LogP contribution in [-0.2, 0) is 20.6 Å². The summed E-state index contributed by atoms with van der Waals surface area (Å²) in [5, 5.41) is 22.5. The minimum absolute atomic E-state index is 0.0937. The number of fused-ring (bicyclic) bond motifs is 1. The smallest absolute Gasteiger partial charge is 0.328 e. The first-order valence-corrected chi connectivity index (χ1v) is 9.38. The Morgan fingerprint density at radius 3 is 2.50 bits per heavy atom. The fraction of sp³-hybridized carbons (Fsp3) is 0.381. The van der Waals surface area contributed by atoms with Gasteiger partial charge in [-0.15, -0.1) is 0 Å². The summed E-state index contributed by atoms with van der Waals surface area (Å²) in [7, 11) is 3.45. The van der Waals surface area contributed by atoms with E-state index in [9.17, 15) is 9.90 Å². The first-order chi connectivity index (χ1) is 13.5. The lowest BCUT2D eigenvalue weighted by atomic mass is 10.1. The van der Waals surface area contributed by atoms with E-state index in [0.717, 1.165) is 36.1 Å². The van der Waals surface area contributed by atoms with Gasteiger partial charge in [-0.05, 0) is 48.4 Å². The molecule has 0 fully saturated rings. The van der Waals surface area contributed by atoms with Crippen LogP contribution in [0.5, 0.6) is 5.75 Å². The Bertz CT molecular complexity index is 976. The summed E-state index contributed by atoms with van der Waals surface area (Å²) in [5.41, 5.74) is 3.35. The lowest BCUT2D eigenvalue weighted by Crippen LogP contribution is -2.19. The van der Waals surface area contributed by atoms with Crippen LogP contribution in [0.15, 0.2) is 47.3 Å². The van der Waals surface area contributed by atoms with Crippen molar-refractivity contribution in [3.05, 3.63) is 64.1 Å². The number of aromatic nitrogens is 2. The molecule has 3 aromatic rings. The SMILES string of the molecule is Cn1c(=O)n(C)c2cc(C(O)COc3ccc(CNCCCO)cc3)ccc21. The monoisotopic (exact) mass is 385 g/mol. The van der Waals surface area contributed by atoms with Gasteiger partial charge in [-0.1, -0.05) is 18.2 Å². The molecule has 1 atom stereocenters. The topological polar surface area (TPSA) is 88.7 Å². The molecule has 150 valence electrons. The summed E-state index contributed by atoms with van der Waals surface area (Å²) in [6.45, 7) is 1.83. The molecule has 0 saturated carbocycles. The lowest BCUT2D eigenvalue weighted by molar-refractivity contribution is 0.108. The zero-order chi connectivity index (χ0) is 20.1. The quantitative estimate of drug-likeness (QED) is 0.486. The van der Waals surface area contributed by atoms with Gasteiger partial charge in [0, 0.05) is 27.2 Å². The average Bonchev–Trinajstić information content (AvgIpc) is 2.94. The highest BCUT2D eigenvalue weighted by atomic mass is 16.5. The number of imidazole rings is 1. The van der Waals surface area contributed by atoms with Crippen molar-refractivity contribution < 1.29 is 14.9 Å². The van der Waals surface area contributed by atoms with Crippen LogP contribution in [0.4, 0.5) is 0 Å². The highest BCUT2D eigenvalue weighted by Gasteiger charge is 2.13. The van der Waals surface area contributed by atoms with E-state index in [0.29, 0.717) is 11.3 Å². The number of aliphatic hydroxyl groups is 2. The van der Waals surface area contributed by atoms with E-state index >= 15 is 0 Å². The van der Waals surface area contributed by atoms with E-state index in [2.05, 4.69) is 5.32 Å². The maximum atomic E-state index is 12.0. The molecule has 7 heteroatoms. The zero-order valence-corrected chi connectivity index (χ0v) is 16.3. The van der Waals surface area contributed by atoms with Gasteiger partial charge in [0.25, 0.3) is 0 Å². The molecule has 0 aliphatic carbocycles. The van der Waals surface area contributed by atoms with E-state index in [1.165, 1.54) is 0 Å². The minimum atomic E-state index is -0.792. The summed E-state index contributed by atoms with van der Waals surface area (Å²) in [4.78, 5) is 12.0. The van der Waals surface area contributed by atoms with Crippen LogP contribution in [0.1, 0.15) is 23.7 Å². The van der Waals surface area contributed by atoms with Crippen LogP contribution in [0.3, 0.4) is 0 Å². The lowest BCUT2D eigenvalue weighted by Gasteiger charge is -2.13. The van der Waals surface area contributed by atoms with Crippen molar-refractivity contribution in [1.29, 1.82) is 0 Å². The maximum absolute atomic E-state index is 12.0. The third-order valence-electron chi connectivity index (χ3n) is 4.85. The predicted octanol–water partition coefficient (Wildman–Crippen LogP) is 1.46. The van der Waals surface area contributed by atoms with Crippen molar-refractivity contribution in [1.82, 2.24) is 14.5 Å². The van der Waals surface area contributed by atoms with Gasteiger partial charge in [0.1, 0.15) is 18.5 Å². The Labute approximate surface area is 163 Å². The first-order valence-electron chi connectivity index (χ1n) is 9.38. The number of ether oxygens (including phenoxy) is 1. The molecule has 2 aromatic carbocycles. The number of nitrogens with zero attached hydrogens (tertiary/aromatic N) is 2. The largest absolute Gasteiger partial charge is 0.491 e. The molecule has 0 saturated heterocycles. The number of benzene rings is 2. The van der Waals surface area contributed by atoms with E-state index in [1.54, 1.807) is 23.2 Å². The molecule has 0 aliphatic heterocycles. The van der Waals surface area contributed by atoms with Crippen LogP contribution >= 0.6 is 0 Å². The molecule has 0 amide bonds. The number of aryl methyl sites for hydroxylation is 2. The predicted molar refractivity (Wildman–Crippen MR) is 108 cm³/mol. The van der Waals surface area contributed by atoms with Gasteiger partial charge in [0.05, 0.1) is 11.0 Å². The maximum Gasteiger partial charge on any atom is 0.328 e. The van der Waals surface area contributed by atoms with Crippen molar-refractivity contribution in [3.8, 4) is 5.75 Å². The summed E-state index contributed by atoms with van der Waals surface area (Å²) in [6.07, 6.45) is -0.0540. The van der Waals surface area contributed by atoms with Crippen molar-refractivity contribution in [2.75, 3.05) is 19.8 Å². The van der Waals surface area contributed by atoms with E-state index in [-0.39, 0.29) is 18.9 Å². The molecule has 1 unspecified atom stereocenters. The van der Waals surface area contributed by atoms with E-state index < -0.39 is 6.10 Å². The van der Waals surface area contributed by atoms with E-state index in [1.807, 2.05) is 42.5 Å². The molecule has 0 aliphatic rings. The number of hydrogen-bond acceptors (Lipinski definition) is 5. The molecular weight excluding hydrogens is 358 g/mol. The van der Waals surface area contributed by atoms with Crippen LogP contribution in [-0.4, -0.2) is 39.1 Å². The van der Waals surface area contributed by atoms with Crippen LogP contribution in [0.25, 0.3) is 11.0 Å². The van der Waals surface area contributed by atoms with E-state index in [4.69, 9.17) is 9.84 Å². The summed E-state index contributed by atoms with van der Waals surface area (Å²) in [6, 6.07) is 13.2. The van der Waals surface area contributed by atoms with Crippen molar-refractivity contribution in [2.24, 2.45) is 14.1 Å². The van der Waals surface area contributed by atoms with Gasteiger partial charge in [0.2, 0.25) is 0 Å². The Balaban J connectivity index is 1.59. The number of nitrogens with one attached hydrogen (secondary N) is 1. The summed E-state index contributed by atoms with van der Waals surface area (Å²) < 4.78 is 8.87. The fourth-order valence-corrected chi connectivity index (χ4v) is 3.14. The van der Waals surface area contributed by atoms with Crippen LogP contribution in [0.2, 0.25) is 0 Å². The second kappa shape index (κ2) is 9.05. The molecule has 3 rings (SSSR count). The minimum Gasteiger partial charge on any atom is -0.491 e. The molecular formula is C21H27N3O4. The Morgan fingerprint density at radius 2 is 1.79 bits per heavy atom. The molecule has 1 aromatic heterocycles. The Hall–Kier alpha value is -2.61. The van der Waals surface area contributed by atoms with Crippen molar-refractivity contribution >= 4 is 11.0 Å². The van der Waals surface area contributed by atoms with Gasteiger partial charge in [-0.25, -0.2) is 4.79 Å². The fourth-order valence-electron chi connectivity index (χ4n) is 3.14. The molecule has 7 nitrogen and oxygen atoms in total. The number of aliphatic hydroxyl groups excluding tert-OH is 2. The van der Waals surface area contributed by atoms with Crippen molar-refractivity contribution in [2.45, 2.75) is 19.1 Å². The molecule has 0 bridgehead atoms. The van der Waals surface area contributed by atoms with Crippen molar-refractivity contribution in [3.63, 3.8) is 0 Å². The second-order valence-corrected chi connectivity index (χ2v) is 6.87. The third-order valence-corrected chi connectivity index (χ3v) is 4.85. The van der Waals surface area contributed by atoms with Gasteiger partial charge < -0.3 is 20.3 Å². The molecule has 0 spiro atoms. The zero-order valence-electron chi connectivity index (χ0n) is 16.3. The normalized spacial score (nSPS) is 12.4. The second-order valence-electron chi connectivity index (χ2n) is 6.87. The number of rotatable bonds is 9. The molecule has 0 radical (unpaired) electrons. The van der Waals surface area contributed by atoms with Crippen LogP contribution in [0, 0.1) is 0 Å². The summed E-state index contributed by atoms with van der Waals surface area (Å²) in [5.74, 6) is 0.686. The first kappa shape index (κ1) is 20.1. The Morgan fingerprint density at radius 1 is 1.07 bits per heavy atom. The van der Waals surface area contributed by atoms with Gasteiger partial charge in [-0.2, -0.15) is 0 Å². The van der Waals surface area contributed by atoms with Gasteiger partial charge >= 0.3 is 5.69 Å². The van der Waals surface area contributed by atoms with Crippen LogP contribution < -0.4 is 15.7 Å². The number of hydrogen-bond donors (Lipinski definition) is 3. The average molecular weight is 385 g/mol. The highest BCUT2D eigenvalue weighted by Crippen LogP contribution is 2.21. The highest BCUT2D eigenvalue weighted by molar-refractivity contribution is 5.76. The van der Waals surface area contributed by atoms with Gasteiger partial charge in [0.15, 0.2) is 0 Å². The van der Waals surface area contributed by atoms with Gasteiger partial charge in [-0.3, -0.25) is 9.13 Å². The Kier molecular flexibility index (Phi) is 6.51. The molecule has 3 N–H and O–H groups in total. The third kappa shape index (κ3) is 4.44. The summed E-state index contributed by atoms with van der Waals surface area (Å²) >= 11 is 0. The molecule has 1 heterocycles.